The number of allylic oxidation sites excluding steroid dienone is 2. The van der Waals surface area contributed by atoms with Crippen molar-refractivity contribution >= 4 is 11.9 Å². The van der Waals surface area contributed by atoms with Gasteiger partial charge in [0, 0.05) is 7.11 Å². The van der Waals surface area contributed by atoms with E-state index in [0.29, 0.717) is 18.9 Å². The number of ether oxygens (including phenoxy) is 3. The van der Waals surface area contributed by atoms with Crippen molar-refractivity contribution in [1.29, 1.82) is 0 Å². The minimum atomic E-state index is -0.728. The van der Waals surface area contributed by atoms with Crippen LogP contribution in [0.15, 0.2) is 42.0 Å². The molecule has 4 atom stereocenters. The maximum atomic E-state index is 12.5. The predicted molar refractivity (Wildman–Crippen MR) is 112 cm³/mol. The smallest absolute Gasteiger partial charge is 0.339 e. The summed E-state index contributed by atoms with van der Waals surface area (Å²) in [5, 5.41) is 0. The molecule has 0 radical (unpaired) electrons. The summed E-state index contributed by atoms with van der Waals surface area (Å²) in [4.78, 5) is 24.9. The third-order valence-corrected chi connectivity index (χ3v) is 5.89. The Bertz CT molecular complexity index is 694. The molecule has 1 aromatic carbocycles. The second kappa shape index (κ2) is 11.1. The molecular weight excluding hydrogens is 368 g/mol. The van der Waals surface area contributed by atoms with Gasteiger partial charge in [0.1, 0.15) is 0 Å². The van der Waals surface area contributed by atoms with E-state index in [1.165, 1.54) is 19.8 Å². The van der Waals surface area contributed by atoms with E-state index in [1.54, 1.807) is 0 Å². The first-order chi connectivity index (χ1) is 13.9. The average molecular weight is 403 g/mol. The Labute approximate surface area is 174 Å². The minimum Gasteiger partial charge on any atom is -0.469 e. The first-order valence-corrected chi connectivity index (χ1v) is 10.4. The molecule has 1 aliphatic rings. The molecule has 0 aromatic heterocycles. The van der Waals surface area contributed by atoms with E-state index in [9.17, 15) is 9.59 Å². The molecule has 0 bridgehead atoms. The lowest BCUT2D eigenvalue weighted by molar-refractivity contribution is -0.157. The highest BCUT2D eigenvalue weighted by atomic mass is 16.6. The summed E-state index contributed by atoms with van der Waals surface area (Å²) < 4.78 is 16.0. The van der Waals surface area contributed by atoms with Crippen molar-refractivity contribution in [3.8, 4) is 0 Å². The van der Waals surface area contributed by atoms with E-state index in [4.69, 9.17) is 14.2 Å². The summed E-state index contributed by atoms with van der Waals surface area (Å²) in [5.74, 6) is -0.00340. The molecule has 0 amide bonds. The Morgan fingerprint density at radius 2 is 1.83 bits per heavy atom. The lowest BCUT2D eigenvalue weighted by Crippen LogP contribution is -2.34. The van der Waals surface area contributed by atoms with E-state index in [2.05, 4.69) is 26.8 Å². The van der Waals surface area contributed by atoms with Gasteiger partial charge in [-0.05, 0) is 49.5 Å². The zero-order chi connectivity index (χ0) is 21.4. The molecule has 29 heavy (non-hydrogen) atoms. The van der Waals surface area contributed by atoms with E-state index in [1.807, 2.05) is 30.3 Å². The lowest BCUT2D eigenvalue weighted by Gasteiger charge is -2.36. The molecule has 0 heterocycles. The largest absolute Gasteiger partial charge is 0.469 e. The van der Waals surface area contributed by atoms with Gasteiger partial charge in [-0.25, -0.2) is 4.79 Å². The number of esters is 2. The van der Waals surface area contributed by atoms with Gasteiger partial charge in [0.2, 0.25) is 0 Å². The first-order valence-electron chi connectivity index (χ1n) is 10.4. The maximum absolute atomic E-state index is 12.5. The maximum Gasteiger partial charge on any atom is 0.339 e. The molecule has 5 heteroatoms. The molecule has 0 fully saturated rings. The van der Waals surface area contributed by atoms with Crippen LogP contribution in [0.25, 0.3) is 0 Å². The minimum absolute atomic E-state index is 0.0993. The van der Waals surface area contributed by atoms with Gasteiger partial charge in [0.05, 0.1) is 19.6 Å². The Kier molecular flexibility index (Phi) is 8.90. The fourth-order valence-corrected chi connectivity index (χ4v) is 4.29. The number of carbonyl (C=O) groups excluding carboxylic acids is 2. The highest BCUT2D eigenvalue weighted by Gasteiger charge is 2.37. The van der Waals surface area contributed by atoms with Crippen molar-refractivity contribution in [1.82, 2.24) is 0 Å². The van der Waals surface area contributed by atoms with Crippen LogP contribution in [0.4, 0.5) is 0 Å². The normalized spacial score (nSPS) is 21.2. The fraction of sp³-hybridized carbons (Fsp3) is 0.583. The van der Waals surface area contributed by atoms with Crippen LogP contribution in [-0.2, 0) is 23.8 Å². The second-order valence-corrected chi connectivity index (χ2v) is 8.15. The van der Waals surface area contributed by atoms with Crippen LogP contribution in [0.5, 0.6) is 0 Å². The summed E-state index contributed by atoms with van der Waals surface area (Å²) in [5.41, 5.74) is 2.08. The van der Waals surface area contributed by atoms with Crippen LogP contribution < -0.4 is 0 Å². The highest BCUT2D eigenvalue weighted by molar-refractivity contribution is 5.76. The van der Waals surface area contributed by atoms with Gasteiger partial charge in [0.25, 0.3) is 0 Å². The molecule has 1 aliphatic carbocycles. The van der Waals surface area contributed by atoms with Crippen molar-refractivity contribution in [3.05, 3.63) is 47.5 Å². The molecule has 0 spiro atoms. The quantitative estimate of drug-likeness (QED) is 0.442. The van der Waals surface area contributed by atoms with E-state index in [-0.39, 0.29) is 29.7 Å². The molecule has 2 rings (SSSR count). The monoisotopic (exact) mass is 402 g/mol. The zero-order valence-electron chi connectivity index (χ0n) is 18.2. The summed E-state index contributed by atoms with van der Waals surface area (Å²) in [6, 6.07) is 9.33. The molecule has 160 valence electrons. The topological polar surface area (TPSA) is 61.8 Å². The number of hydrogen-bond donors (Lipinski definition) is 0. The molecule has 0 saturated heterocycles. The molecule has 0 aliphatic heterocycles. The van der Waals surface area contributed by atoms with Crippen LogP contribution in [0, 0.1) is 23.7 Å². The second-order valence-electron chi connectivity index (χ2n) is 8.15. The van der Waals surface area contributed by atoms with Crippen molar-refractivity contribution in [2.45, 2.75) is 46.1 Å². The van der Waals surface area contributed by atoms with E-state index < -0.39 is 6.10 Å². The van der Waals surface area contributed by atoms with Crippen molar-refractivity contribution in [3.63, 3.8) is 0 Å². The standard InChI is InChI=1S/C24H34O5/c1-16(2)19(21-15-17(3)11-12-20(21)23(25)28-5)13-14-29-24(26)22(27-4)18-9-7-6-8-10-18/h6-10,15-16,19-22H,11-14H2,1-5H3/t19-,20?,21?,22+/m1/s1. The van der Waals surface area contributed by atoms with Gasteiger partial charge >= 0.3 is 11.9 Å². The molecule has 0 N–H and O–H groups in total. The molecular formula is C24H34O5. The van der Waals surface area contributed by atoms with Crippen molar-refractivity contribution in [2.24, 2.45) is 23.7 Å². The van der Waals surface area contributed by atoms with E-state index >= 15 is 0 Å². The Hall–Kier alpha value is -2.14. The van der Waals surface area contributed by atoms with Gasteiger partial charge < -0.3 is 14.2 Å². The van der Waals surface area contributed by atoms with Gasteiger partial charge in [-0.2, -0.15) is 0 Å². The third-order valence-electron chi connectivity index (χ3n) is 5.89. The van der Waals surface area contributed by atoms with Crippen LogP contribution in [0.3, 0.4) is 0 Å². The zero-order valence-corrected chi connectivity index (χ0v) is 18.2. The van der Waals surface area contributed by atoms with Crippen LogP contribution in [-0.4, -0.2) is 32.8 Å². The van der Waals surface area contributed by atoms with Gasteiger partial charge in [-0.1, -0.05) is 55.8 Å². The van der Waals surface area contributed by atoms with Gasteiger partial charge in [0.15, 0.2) is 6.10 Å². The fourth-order valence-electron chi connectivity index (χ4n) is 4.29. The summed E-state index contributed by atoms with van der Waals surface area (Å²) in [6.07, 6.45) is 3.91. The van der Waals surface area contributed by atoms with Crippen molar-refractivity contribution in [2.75, 3.05) is 20.8 Å². The van der Waals surface area contributed by atoms with E-state index in [0.717, 1.165) is 18.4 Å². The Balaban J connectivity index is 2.04. The molecule has 2 unspecified atom stereocenters. The van der Waals surface area contributed by atoms with Crippen molar-refractivity contribution < 1.29 is 23.8 Å². The Morgan fingerprint density at radius 3 is 2.41 bits per heavy atom. The van der Waals surface area contributed by atoms with Crippen LogP contribution >= 0.6 is 0 Å². The number of carbonyl (C=O) groups is 2. The molecule has 5 nitrogen and oxygen atoms in total. The SMILES string of the molecule is COC(=O)C1CCC(C)=CC1[C@H](CCOC(=O)[C@@H](OC)c1ccccc1)C(C)C. The van der Waals surface area contributed by atoms with Gasteiger partial charge in [-0.15, -0.1) is 0 Å². The number of methoxy groups -OCH3 is 2. The van der Waals surface area contributed by atoms with Gasteiger partial charge in [-0.3, -0.25) is 4.79 Å². The average Bonchev–Trinajstić information content (AvgIpc) is 2.71. The predicted octanol–water partition coefficient (Wildman–Crippen LogP) is 4.73. The Morgan fingerprint density at radius 1 is 1.14 bits per heavy atom. The lowest BCUT2D eigenvalue weighted by atomic mass is 9.69. The van der Waals surface area contributed by atoms with Crippen LogP contribution in [0.1, 0.15) is 51.7 Å². The number of benzene rings is 1. The first kappa shape index (κ1) is 23.1. The summed E-state index contributed by atoms with van der Waals surface area (Å²) >= 11 is 0. The summed E-state index contributed by atoms with van der Waals surface area (Å²) in [6.45, 7) is 6.72. The highest BCUT2D eigenvalue weighted by Crippen LogP contribution is 2.39. The molecule has 1 aromatic rings. The van der Waals surface area contributed by atoms with Crippen LogP contribution in [0.2, 0.25) is 0 Å². The number of rotatable bonds is 9. The number of hydrogen-bond acceptors (Lipinski definition) is 5. The molecule has 0 saturated carbocycles. The third kappa shape index (κ3) is 6.17. The summed E-state index contributed by atoms with van der Waals surface area (Å²) in [7, 11) is 2.96.